The zero-order chi connectivity index (χ0) is 18.1. The van der Waals surface area contributed by atoms with E-state index in [9.17, 15) is 4.39 Å². The topological polar surface area (TPSA) is 98.4 Å². The maximum Gasteiger partial charge on any atom is 0.258 e. The largest absolute Gasteiger partial charge is 0.454 e. The summed E-state index contributed by atoms with van der Waals surface area (Å²) in [6, 6.07) is 5.37. The summed E-state index contributed by atoms with van der Waals surface area (Å²) in [4.78, 5) is 13.9. The van der Waals surface area contributed by atoms with E-state index in [4.69, 9.17) is 14.0 Å². The summed E-state index contributed by atoms with van der Waals surface area (Å²) >= 11 is 0. The zero-order valence-corrected chi connectivity index (χ0v) is 14.1. The van der Waals surface area contributed by atoms with E-state index in [1.54, 1.807) is 31.1 Å². The normalized spacial score (nSPS) is 12.3. The van der Waals surface area contributed by atoms with Crippen molar-refractivity contribution in [3.8, 4) is 23.0 Å². The van der Waals surface area contributed by atoms with Gasteiger partial charge in [0.1, 0.15) is 0 Å². The van der Waals surface area contributed by atoms with Crippen molar-refractivity contribution in [2.45, 2.75) is 6.54 Å². The lowest BCUT2D eigenvalue weighted by Gasteiger charge is -2.12. The van der Waals surface area contributed by atoms with Crippen LogP contribution in [0.15, 0.2) is 28.9 Å². The average Bonchev–Trinajstić information content (AvgIpc) is 3.29. The highest BCUT2D eigenvalue weighted by molar-refractivity contribution is 5.60. The zero-order valence-electron chi connectivity index (χ0n) is 14.1. The molecular formula is C16H15FN6O3. The third-order valence-electron chi connectivity index (χ3n) is 3.64. The van der Waals surface area contributed by atoms with Crippen LogP contribution >= 0.6 is 0 Å². The molecule has 0 saturated heterocycles. The van der Waals surface area contributed by atoms with Crippen LogP contribution < -0.4 is 19.7 Å². The summed E-state index contributed by atoms with van der Waals surface area (Å²) in [5, 5.41) is 6.86. The molecule has 1 aromatic carbocycles. The molecule has 0 aliphatic carbocycles. The molecule has 3 aromatic rings. The molecule has 1 aliphatic heterocycles. The minimum absolute atomic E-state index is 0.191. The number of ether oxygens (including phenoxy) is 2. The van der Waals surface area contributed by atoms with Gasteiger partial charge in [0, 0.05) is 19.7 Å². The van der Waals surface area contributed by atoms with Gasteiger partial charge in [-0.25, -0.2) is 9.37 Å². The molecule has 0 saturated carbocycles. The maximum absolute atomic E-state index is 13.6. The van der Waals surface area contributed by atoms with Crippen molar-refractivity contribution in [2.24, 2.45) is 0 Å². The highest BCUT2D eigenvalue weighted by Gasteiger charge is 2.17. The Morgan fingerprint density at radius 2 is 2.04 bits per heavy atom. The second-order valence-corrected chi connectivity index (χ2v) is 5.70. The van der Waals surface area contributed by atoms with Gasteiger partial charge in [-0.2, -0.15) is 9.97 Å². The maximum atomic E-state index is 13.6. The Morgan fingerprint density at radius 1 is 1.19 bits per heavy atom. The molecule has 0 fully saturated rings. The number of benzene rings is 1. The van der Waals surface area contributed by atoms with E-state index >= 15 is 0 Å². The number of nitrogens with one attached hydrogen (secondary N) is 1. The Balaban J connectivity index is 1.47. The molecule has 0 bridgehead atoms. The van der Waals surface area contributed by atoms with Gasteiger partial charge in [0.05, 0.1) is 12.7 Å². The summed E-state index contributed by atoms with van der Waals surface area (Å²) in [6.45, 7) is 0.428. The van der Waals surface area contributed by atoms with Crippen molar-refractivity contribution >= 4 is 11.8 Å². The number of nitrogens with zero attached hydrogens (tertiary/aromatic N) is 5. The van der Waals surface area contributed by atoms with Gasteiger partial charge in [0.2, 0.25) is 12.7 Å². The van der Waals surface area contributed by atoms with Gasteiger partial charge < -0.3 is 24.2 Å². The molecule has 1 N–H and O–H groups in total. The molecular weight excluding hydrogens is 343 g/mol. The van der Waals surface area contributed by atoms with Crippen molar-refractivity contribution < 1.29 is 18.4 Å². The number of anilines is 2. The van der Waals surface area contributed by atoms with Crippen LogP contribution in [0.3, 0.4) is 0 Å². The first-order chi connectivity index (χ1) is 12.6. The van der Waals surface area contributed by atoms with Crippen molar-refractivity contribution in [2.75, 3.05) is 31.1 Å². The predicted octanol–water partition coefficient (Wildman–Crippen LogP) is 2.07. The quantitative estimate of drug-likeness (QED) is 0.735. The first-order valence-corrected chi connectivity index (χ1v) is 7.76. The fourth-order valence-electron chi connectivity index (χ4n) is 2.39. The fourth-order valence-corrected chi connectivity index (χ4v) is 2.39. The third kappa shape index (κ3) is 3.08. The van der Waals surface area contributed by atoms with Gasteiger partial charge >= 0.3 is 0 Å². The number of rotatable bonds is 5. The summed E-state index contributed by atoms with van der Waals surface area (Å²) in [7, 11) is 3.40. The van der Waals surface area contributed by atoms with Crippen molar-refractivity contribution in [1.29, 1.82) is 0 Å². The van der Waals surface area contributed by atoms with Crippen LogP contribution in [0.5, 0.6) is 11.5 Å². The first kappa shape index (κ1) is 16.1. The smallest absolute Gasteiger partial charge is 0.258 e. The molecule has 9 nitrogen and oxygen atoms in total. The molecule has 26 heavy (non-hydrogen) atoms. The van der Waals surface area contributed by atoms with Gasteiger partial charge in [-0.15, -0.1) is 0 Å². The Bertz CT molecular complexity index is 945. The summed E-state index contributed by atoms with van der Waals surface area (Å²) < 4.78 is 29.5. The molecule has 0 unspecified atom stereocenters. The average molecular weight is 358 g/mol. The van der Waals surface area contributed by atoms with Crippen LogP contribution in [0.25, 0.3) is 11.5 Å². The standard InChI is InChI=1S/C16H15FN6O3/c1-23(2)14-10(17)6-18-16(21-14)19-7-13-20-15(26-22-13)9-3-4-11-12(5-9)25-8-24-11/h3-6H,7-8H2,1-2H3,(H,18,19,21). The minimum atomic E-state index is -0.495. The summed E-state index contributed by atoms with van der Waals surface area (Å²) in [6.07, 6.45) is 1.11. The van der Waals surface area contributed by atoms with Gasteiger partial charge in [-0.1, -0.05) is 5.16 Å². The molecule has 3 heterocycles. The van der Waals surface area contributed by atoms with E-state index in [0.717, 1.165) is 11.8 Å². The molecule has 0 atom stereocenters. The molecule has 0 amide bonds. The fraction of sp³-hybridized carbons (Fsp3) is 0.250. The highest BCUT2D eigenvalue weighted by Crippen LogP contribution is 2.35. The van der Waals surface area contributed by atoms with Crippen LogP contribution in [0, 0.1) is 5.82 Å². The lowest BCUT2D eigenvalue weighted by atomic mass is 10.2. The van der Waals surface area contributed by atoms with Crippen molar-refractivity contribution in [3.63, 3.8) is 0 Å². The SMILES string of the molecule is CN(C)c1nc(NCc2noc(-c3ccc4c(c3)OCO4)n2)ncc1F. The van der Waals surface area contributed by atoms with Gasteiger partial charge in [-0.3, -0.25) is 0 Å². The second kappa shape index (κ2) is 6.47. The second-order valence-electron chi connectivity index (χ2n) is 5.70. The molecule has 0 radical (unpaired) electrons. The number of halogens is 1. The lowest BCUT2D eigenvalue weighted by Crippen LogP contribution is -2.15. The van der Waals surface area contributed by atoms with Crippen LogP contribution in [0.2, 0.25) is 0 Å². The van der Waals surface area contributed by atoms with Gasteiger partial charge in [-0.05, 0) is 18.2 Å². The number of hydrogen-bond acceptors (Lipinski definition) is 9. The first-order valence-electron chi connectivity index (χ1n) is 7.76. The molecule has 2 aromatic heterocycles. The van der Waals surface area contributed by atoms with Crippen LogP contribution in [-0.2, 0) is 6.54 Å². The molecule has 134 valence electrons. The van der Waals surface area contributed by atoms with Gasteiger partial charge in [0.25, 0.3) is 5.89 Å². The van der Waals surface area contributed by atoms with E-state index in [1.807, 2.05) is 6.07 Å². The Labute approximate surface area is 147 Å². The van der Waals surface area contributed by atoms with Crippen molar-refractivity contribution in [3.05, 3.63) is 36.0 Å². The monoisotopic (exact) mass is 358 g/mol. The number of hydrogen-bond donors (Lipinski definition) is 1. The van der Waals surface area contributed by atoms with Crippen LogP contribution in [0.1, 0.15) is 5.82 Å². The summed E-state index contributed by atoms with van der Waals surface area (Å²) in [5.41, 5.74) is 0.723. The van der Waals surface area contributed by atoms with E-state index < -0.39 is 5.82 Å². The molecule has 1 aliphatic rings. The van der Waals surface area contributed by atoms with E-state index in [0.29, 0.717) is 23.2 Å². The van der Waals surface area contributed by atoms with E-state index in [1.165, 1.54) is 0 Å². The van der Waals surface area contributed by atoms with Crippen LogP contribution in [0.4, 0.5) is 16.2 Å². The number of aromatic nitrogens is 4. The predicted molar refractivity (Wildman–Crippen MR) is 89.5 cm³/mol. The lowest BCUT2D eigenvalue weighted by molar-refractivity contribution is 0.174. The Kier molecular flexibility index (Phi) is 3.99. The van der Waals surface area contributed by atoms with Crippen LogP contribution in [-0.4, -0.2) is 41.0 Å². The molecule has 0 spiro atoms. The summed E-state index contributed by atoms with van der Waals surface area (Å²) in [5.74, 6) is 2.05. The number of fused-ring (bicyclic) bond motifs is 1. The van der Waals surface area contributed by atoms with Gasteiger partial charge in [0.15, 0.2) is 29.0 Å². The Hall–Kier alpha value is -3.43. The van der Waals surface area contributed by atoms with Crippen molar-refractivity contribution in [1.82, 2.24) is 20.1 Å². The Morgan fingerprint density at radius 3 is 2.88 bits per heavy atom. The van der Waals surface area contributed by atoms with E-state index in [2.05, 4.69) is 25.4 Å². The highest BCUT2D eigenvalue weighted by atomic mass is 19.1. The molecule has 4 rings (SSSR count). The van der Waals surface area contributed by atoms with E-state index in [-0.39, 0.29) is 25.1 Å². The third-order valence-corrected chi connectivity index (χ3v) is 3.64. The molecule has 10 heteroatoms. The minimum Gasteiger partial charge on any atom is -0.454 e.